The average molecular weight is 249 g/mol. The van der Waals surface area contributed by atoms with Crippen molar-refractivity contribution in [3.63, 3.8) is 0 Å². The van der Waals surface area contributed by atoms with E-state index in [1.165, 1.54) is 5.56 Å². The van der Waals surface area contributed by atoms with Crippen LogP contribution in [0.1, 0.15) is 30.9 Å². The molecule has 0 aliphatic carbocycles. The molecule has 18 heavy (non-hydrogen) atoms. The van der Waals surface area contributed by atoms with Gasteiger partial charge in [-0.05, 0) is 24.1 Å². The predicted molar refractivity (Wildman–Crippen MR) is 73.7 cm³/mol. The lowest BCUT2D eigenvalue weighted by Crippen LogP contribution is -2.34. The Kier molecular flexibility index (Phi) is 6.39. The largest absolute Gasteiger partial charge is 0.369 e. The molecule has 0 saturated carbocycles. The molecule has 4 nitrogen and oxygen atoms in total. The second-order valence-electron chi connectivity index (χ2n) is 4.55. The van der Waals surface area contributed by atoms with Crippen molar-refractivity contribution in [3.8, 4) is 0 Å². The van der Waals surface area contributed by atoms with Crippen LogP contribution >= 0.6 is 0 Å². The highest BCUT2D eigenvalue weighted by atomic mass is 16.1. The van der Waals surface area contributed by atoms with E-state index in [1.807, 2.05) is 12.1 Å². The van der Waals surface area contributed by atoms with Crippen LogP contribution in [0.2, 0.25) is 0 Å². The summed E-state index contributed by atoms with van der Waals surface area (Å²) in [6.07, 6.45) is 2.18. The van der Waals surface area contributed by atoms with Crippen LogP contribution in [0.3, 0.4) is 0 Å². The van der Waals surface area contributed by atoms with Gasteiger partial charge in [0, 0.05) is 13.1 Å². The molecule has 4 N–H and O–H groups in total. The fraction of sp³-hybridized carbons (Fsp3) is 0.500. The molecule has 1 amide bonds. The van der Waals surface area contributed by atoms with Crippen molar-refractivity contribution in [2.24, 2.45) is 11.5 Å². The molecule has 0 aliphatic rings. The van der Waals surface area contributed by atoms with E-state index >= 15 is 0 Å². The SMILES string of the molecule is CCCCN(CC(N)=O)Cc1cccc(CN)c1. The van der Waals surface area contributed by atoms with Gasteiger partial charge in [-0.3, -0.25) is 9.69 Å². The summed E-state index contributed by atoms with van der Waals surface area (Å²) >= 11 is 0. The van der Waals surface area contributed by atoms with E-state index in [-0.39, 0.29) is 5.91 Å². The topological polar surface area (TPSA) is 72.3 Å². The van der Waals surface area contributed by atoms with Crippen molar-refractivity contribution in [3.05, 3.63) is 35.4 Å². The molecule has 0 unspecified atom stereocenters. The smallest absolute Gasteiger partial charge is 0.231 e. The maximum Gasteiger partial charge on any atom is 0.231 e. The van der Waals surface area contributed by atoms with E-state index in [9.17, 15) is 4.79 Å². The van der Waals surface area contributed by atoms with Crippen LogP contribution in [0, 0.1) is 0 Å². The third-order valence-corrected chi connectivity index (χ3v) is 2.84. The minimum Gasteiger partial charge on any atom is -0.369 e. The predicted octanol–water partition coefficient (Wildman–Crippen LogP) is 1.23. The third kappa shape index (κ3) is 5.29. The Balaban J connectivity index is 2.65. The van der Waals surface area contributed by atoms with E-state index in [0.29, 0.717) is 13.1 Å². The molecule has 0 fully saturated rings. The fourth-order valence-corrected chi connectivity index (χ4v) is 1.93. The van der Waals surface area contributed by atoms with E-state index < -0.39 is 0 Å². The summed E-state index contributed by atoms with van der Waals surface area (Å²) in [7, 11) is 0. The van der Waals surface area contributed by atoms with Gasteiger partial charge in [0.1, 0.15) is 0 Å². The highest BCUT2D eigenvalue weighted by Gasteiger charge is 2.08. The van der Waals surface area contributed by atoms with Gasteiger partial charge in [-0.25, -0.2) is 0 Å². The molecule has 0 heterocycles. The zero-order chi connectivity index (χ0) is 13.4. The van der Waals surface area contributed by atoms with Gasteiger partial charge in [0.2, 0.25) is 5.91 Å². The zero-order valence-electron chi connectivity index (χ0n) is 11.1. The molecule has 1 aromatic rings. The van der Waals surface area contributed by atoms with E-state index in [2.05, 4.69) is 24.0 Å². The summed E-state index contributed by atoms with van der Waals surface area (Å²) in [6.45, 7) is 4.63. The first-order valence-electron chi connectivity index (χ1n) is 6.44. The molecule has 1 rings (SSSR count). The minimum atomic E-state index is -0.277. The Morgan fingerprint density at radius 2 is 2.06 bits per heavy atom. The van der Waals surface area contributed by atoms with Crippen LogP contribution < -0.4 is 11.5 Å². The Morgan fingerprint density at radius 1 is 1.33 bits per heavy atom. The summed E-state index contributed by atoms with van der Waals surface area (Å²) in [5, 5.41) is 0. The lowest BCUT2D eigenvalue weighted by molar-refractivity contribution is -0.119. The van der Waals surface area contributed by atoms with Crippen LogP contribution in [0.4, 0.5) is 0 Å². The quantitative estimate of drug-likeness (QED) is 0.728. The van der Waals surface area contributed by atoms with Crippen molar-refractivity contribution in [1.82, 2.24) is 4.90 Å². The van der Waals surface area contributed by atoms with Crippen LogP contribution in [0.15, 0.2) is 24.3 Å². The number of hydrogen-bond donors (Lipinski definition) is 2. The summed E-state index contributed by atoms with van der Waals surface area (Å²) in [4.78, 5) is 13.1. The van der Waals surface area contributed by atoms with E-state index in [0.717, 1.165) is 31.5 Å². The molecule has 0 radical (unpaired) electrons. The Morgan fingerprint density at radius 3 is 2.67 bits per heavy atom. The molecular formula is C14H23N3O. The van der Waals surface area contributed by atoms with Crippen LogP contribution in [0.5, 0.6) is 0 Å². The lowest BCUT2D eigenvalue weighted by Gasteiger charge is -2.20. The van der Waals surface area contributed by atoms with Crippen LogP contribution in [-0.2, 0) is 17.9 Å². The molecular weight excluding hydrogens is 226 g/mol. The van der Waals surface area contributed by atoms with Gasteiger partial charge < -0.3 is 11.5 Å². The highest BCUT2D eigenvalue weighted by molar-refractivity contribution is 5.75. The van der Waals surface area contributed by atoms with Gasteiger partial charge in [0.25, 0.3) is 0 Å². The normalized spacial score (nSPS) is 10.8. The fourth-order valence-electron chi connectivity index (χ4n) is 1.93. The first-order chi connectivity index (χ1) is 8.65. The summed E-state index contributed by atoms with van der Waals surface area (Å²) in [6, 6.07) is 8.15. The van der Waals surface area contributed by atoms with Crippen molar-refractivity contribution in [2.45, 2.75) is 32.9 Å². The van der Waals surface area contributed by atoms with Crippen LogP contribution in [-0.4, -0.2) is 23.9 Å². The lowest BCUT2D eigenvalue weighted by atomic mass is 10.1. The summed E-state index contributed by atoms with van der Waals surface area (Å²) in [5.41, 5.74) is 13.2. The minimum absolute atomic E-state index is 0.277. The number of hydrogen-bond acceptors (Lipinski definition) is 3. The van der Waals surface area contributed by atoms with Crippen molar-refractivity contribution < 1.29 is 4.79 Å². The molecule has 0 saturated heterocycles. The molecule has 0 aliphatic heterocycles. The number of nitrogens with two attached hydrogens (primary N) is 2. The van der Waals surface area contributed by atoms with Gasteiger partial charge >= 0.3 is 0 Å². The standard InChI is InChI=1S/C14H23N3O/c1-2-3-7-17(11-14(16)18)10-13-6-4-5-12(8-13)9-15/h4-6,8H,2-3,7,9-11,15H2,1H3,(H2,16,18). The maximum atomic E-state index is 11.0. The molecule has 0 spiro atoms. The summed E-state index contributed by atoms with van der Waals surface area (Å²) in [5.74, 6) is -0.277. The van der Waals surface area contributed by atoms with Gasteiger partial charge in [-0.2, -0.15) is 0 Å². The number of carbonyl (C=O) groups excluding carboxylic acids is 1. The number of rotatable bonds is 8. The molecule has 100 valence electrons. The third-order valence-electron chi connectivity index (χ3n) is 2.84. The number of primary amides is 1. The Hall–Kier alpha value is -1.39. The van der Waals surface area contributed by atoms with Gasteiger partial charge in [-0.1, -0.05) is 37.6 Å². The number of benzene rings is 1. The monoisotopic (exact) mass is 249 g/mol. The highest BCUT2D eigenvalue weighted by Crippen LogP contribution is 2.09. The van der Waals surface area contributed by atoms with E-state index in [4.69, 9.17) is 11.5 Å². The molecule has 0 bridgehead atoms. The number of amides is 1. The second-order valence-corrected chi connectivity index (χ2v) is 4.55. The van der Waals surface area contributed by atoms with Gasteiger partial charge in [0.15, 0.2) is 0 Å². The van der Waals surface area contributed by atoms with Crippen molar-refractivity contribution in [2.75, 3.05) is 13.1 Å². The van der Waals surface area contributed by atoms with Crippen molar-refractivity contribution in [1.29, 1.82) is 0 Å². The average Bonchev–Trinajstić information content (AvgIpc) is 2.35. The van der Waals surface area contributed by atoms with Crippen molar-refractivity contribution >= 4 is 5.91 Å². The second kappa shape index (κ2) is 7.84. The van der Waals surface area contributed by atoms with E-state index in [1.54, 1.807) is 0 Å². The molecule has 0 aromatic heterocycles. The molecule has 4 heteroatoms. The maximum absolute atomic E-state index is 11.0. The Labute approximate surface area is 109 Å². The first kappa shape index (κ1) is 14.7. The first-order valence-corrected chi connectivity index (χ1v) is 6.44. The molecule has 0 atom stereocenters. The number of carbonyl (C=O) groups is 1. The van der Waals surface area contributed by atoms with Gasteiger partial charge in [0.05, 0.1) is 6.54 Å². The van der Waals surface area contributed by atoms with Crippen LogP contribution in [0.25, 0.3) is 0 Å². The Bertz CT molecular complexity index is 379. The summed E-state index contributed by atoms with van der Waals surface area (Å²) < 4.78 is 0. The zero-order valence-corrected chi connectivity index (χ0v) is 11.1. The van der Waals surface area contributed by atoms with Gasteiger partial charge in [-0.15, -0.1) is 0 Å². The number of nitrogens with zero attached hydrogens (tertiary/aromatic N) is 1. The number of unbranched alkanes of at least 4 members (excludes halogenated alkanes) is 1. The molecule has 1 aromatic carbocycles.